The van der Waals surface area contributed by atoms with Gasteiger partial charge >= 0.3 is 0 Å². The van der Waals surface area contributed by atoms with Gasteiger partial charge in [0.2, 0.25) is 0 Å². The molecule has 3 N–H and O–H groups in total. The van der Waals surface area contributed by atoms with Gasteiger partial charge in [-0.05, 0) is 53.9 Å². The van der Waals surface area contributed by atoms with E-state index in [4.69, 9.17) is 25.2 Å². The van der Waals surface area contributed by atoms with Gasteiger partial charge in [0.15, 0.2) is 5.65 Å². The predicted octanol–water partition coefficient (Wildman–Crippen LogP) is 4.04. The van der Waals surface area contributed by atoms with Crippen molar-refractivity contribution in [3.63, 3.8) is 0 Å². The summed E-state index contributed by atoms with van der Waals surface area (Å²) in [6, 6.07) is 22.6. The number of fused-ring (bicyclic) bond motifs is 2. The molecule has 9 heteroatoms. The number of nitrogens with two attached hydrogens (primary N) is 1. The summed E-state index contributed by atoms with van der Waals surface area (Å²) in [6.07, 6.45) is 2.29. The molecule has 0 unspecified atom stereocenters. The van der Waals surface area contributed by atoms with Crippen LogP contribution in [-0.2, 0) is 6.42 Å². The Kier molecular flexibility index (Phi) is 6.67. The fourth-order valence-corrected chi connectivity index (χ4v) is 4.04. The minimum atomic E-state index is -0.337. The van der Waals surface area contributed by atoms with Crippen molar-refractivity contribution in [1.29, 1.82) is 0 Å². The molecular formula is C28H26N6O3. The maximum atomic E-state index is 13.3. The molecule has 0 fully saturated rings. The molecule has 0 aliphatic heterocycles. The highest BCUT2D eigenvalue weighted by molar-refractivity contribution is 6.10. The van der Waals surface area contributed by atoms with E-state index in [1.807, 2.05) is 72.8 Å². The lowest BCUT2D eigenvalue weighted by atomic mass is 10.1. The molecule has 0 aliphatic rings. The summed E-state index contributed by atoms with van der Waals surface area (Å²) in [4.78, 5) is 22.8. The standard InChI is InChI=1S/C28H26N6O3/c1-36-20-12-10-18(11-13-20)14-15-30-28(35)24-25-27(33-23-9-4-3-8-22(23)32-25)34(26(24)29)31-17-19-6-5-7-21(16-19)37-2/h3-13,16-17H,14-15,29H2,1-2H3,(H,30,35). The topological polar surface area (TPSA) is 117 Å². The second-order valence-electron chi connectivity index (χ2n) is 8.33. The normalized spacial score (nSPS) is 11.3. The highest BCUT2D eigenvalue weighted by Crippen LogP contribution is 2.28. The van der Waals surface area contributed by atoms with Crippen LogP contribution in [0.1, 0.15) is 21.5 Å². The van der Waals surface area contributed by atoms with Crippen molar-refractivity contribution in [2.45, 2.75) is 6.42 Å². The summed E-state index contributed by atoms with van der Waals surface area (Å²) in [7, 11) is 3.23. The van der Waals surface area contributed by atoms with E-state index in [-0.39, 0.29) is 17.3 Å². The van der Waals surface area contributed by atoms with Crippen molar-refractivity contribution < 1.29 is 14.3 Å². The van der Waals surface area contributed by atoms with Crippen LogP contribution >= 0.6 is 0 Å². The molecule has 0 bridgehead atoms. The van der Waals surface area contributed by atoms with Crippen LogP contribution in [0.4, 0.5) is 5.82 Å². The molecule has 3 aromatic carbocycles. The largest absolute Gasteiger partial charge is 0.497 e. The Labute approximate surface area is 213 Å². The molecule has 0 aliphatic carbocycles. The minimum Gasteiger partial charge on any atom is -0.497 e. The number of hydrogen-bond donors (Lipinski definition) is 2. The maximum absolute atomic E-state index is 13.3. The SMILES string of the molecule is COc1ccc(CCNC(=O)c2c(N)n(N=Cc3cccc(OC)c3)c3nc4ccccc4nc23)cc1. The Balaban J connectivity index is 1.48. The first kappa shape index (κ1) is 23.8. The van der Waals surface area contributed by atoms with Gasteiger partial charge in [0.25, 0.3) is 5.91 Å². The highest BCUT2D eigenvalue weighted by Gasteiger charge is 2.24. The Morgan fingerprint density at radius 1 is 0.973 bits per heavy atom. The minimum absolute atomic E-state index is 0.159. The van der Waals surface area contributed by atoms with Crippen molar-refractivity contribution in [2.75, 3.05) is 26.5 Å². The van der Waals surface area contributed by atoms with Gasteiger partial charge in [0, 0.05) is 6.54 Å². The van der Waals surface area contributed by atoms with Gasteiger partial charge < -0.3 is 20.5 Å². The van der Waals surface area contributed by atoms with Gasteiger partial charge in [0.1, 0.15) is 28.4 Å². The quantitative estimate of drug-likeness (QED) is 0.315. The van der Waals surface area contributed by atoms with Gasteiger partial charge in [0.05, 0.1) is 31.5 Å². The highest BCUT2D eigenvalue weighted by atomic mass is 16.5. The van der Waals surface area contributed by atoms with Crippen LogP contribution < -0.4 is 20.5 Å². The first-order chi connectivity index (χ1) is 18.1. The first-order valence-corrected chi connectivity index (χ1v) is 11.7. The van der Waals surface area contributed by atoms with Gasteiger partial charge in [-0.25, -0.2) is 9.97 Å². The lowest BCUT2D eigenvalue weighted by Crippen LogP contribution is -2.26. The van der Waals surface area contributed by atoms with Crippen LogP contribution in [-0.4, -0.2) is 47.5 Å². The van der Waals surface area contributed by atoms with Gasteiger partial charge in [-0.15, -0.1) is 0 Å². The number of carbonyl (C=O) groups is 1. The molecule has 5 aromatic rings. The number of aromatic nitrogens is 3. The summed E-state index contributed by atoms with van der Waals surface area (Å²) in [6.45, 7) is 0.422. The Morgan fingerprint density at radius 3 is 2.43 bits per heavy atom. The third-order valence-electron chi connectivity index (χ3n) is 5.98. The molecule has 2 heterocycles. The number of benzene rings is 3. The number of anilines is 1. The number of nitrogen functional groups attached to an aromatic ring is 1. The Morgan fingerprint density at radius 2 is 1.70 bits per heavy atom. The molecule has 5 rings (SSSR count). The third-order valence-corrected chi connectivity index (χ3v) is 5.98. The fourth-order valence-electron chi connectivity index (χ4n) is 4.04. The lowest BCUT2D eigenvalue weighted by molar-refractivity contribution is 0.0956. The number of methoxy groups -OCH3 is 2. The number of para-hydroxylation sites is 2. The molecule has 0 radical (unpaired) electrons. The van der Waals surface area contributed by atoms with E-state index in [2.05, 4.69) is 10.4 Å². The van der Waals surface area contributed by atoms with E-state index in [9.17, 15) is 4.79 Å². The molecule has 0 saturated heterocycles. The zero-order valence-electron chi connectivity index (χ0n) is 20.5. The van der Waals surface area contributed by atoms with E-state index in [0.717, 1.165) is 16.9 Å². The van der Waals surface area contributed by atoms with E-state index >= 15 is 0 Å². The second kappa shape index (κ2) is 10.4. The van der Waals surface area contributed by atoms with E-state index < -0.39 is 0 Å². The van der Waals surface area contributed by atoms with Crippen molar-refractivity contribution in [3.8, 4) is 11.5 Å². The monoisotopic (exact) mass is 494 g/mol. The summed E-state index contributed by atoms with van der Waals surface area (Å²) in [5.74, 6) is 1.31. The number of ether oxygens (including phenoxy) is 2. The molecule has 0 spiro atoms. The Hall–Kier alpha value is -4.92. The molecular weight excluding hydrogens is 468 g/mol. The van der Waals surface area contributed by atoms with Crippen molar-refractivity contribution in [1.82, 2.24) is 20.0 Å². The molecule has 37 heavy (non-hydrogen) atoms. The number of amides is 1. The lowest BCUT2D eigenvalue weighted by Gasteiger charge is -2.06. The number of nitrogens with one attached hydrogen (secondary N) is 1. The summed E-state index contributed by atoms with van der Waals surface area (Å²) >= 11 is 0. The van der Waals surface area contributed by atoms with Crippen LogP contribution in [0, 0.1) is 0 Å². The predicted molar refractivity (Wildman–Crippen MR) is 144 cm³/mol. The van der Waals surface area contributed by atoms with Gasteiger partial charge in [-0.2, -0.15) is 9.78 Å². The zero-order chi connectivity index (χ0) is 25.8. The van der Waals surface area contributed by atoms with Crippen molar-refractivity contribution in [2.24, 2.45) is 5.10 Å². The molecule has 1 amide bonds. The van der Waals surface area contributed by atoms with Crippen LogP contribution in [0.3, 0.4) is 0 Å². The zero-order valence-corrected chi connectivity index (χ0v) is 20.5. The third kappa shape index (κ3) is 4.92. The summed E-state index contributed by atoms with van der Waals surface area (Å²) < 4.78 is 11.9. The number of nitrogens with zero attached hydrogens (tertiary/aromatic N) is 4. The van der Waals surface area contributed by atoms with E-state index in [1.54, 1.807) is 20.4 Å². The molecule has 0 atom stereocenters. The van der Waals surface area contributed by atoms with Crippen LogP contribution in [0.25, 0.3) is 22.2 Å². The van der Waals surface area contributed by atoms with Crippen LogP contribution in [0.15, 0.2) is 77.9 Å². The van der Waals surface area contributed by atoms with Crippen molar-refractivity contribution >= 4 is 40.1 Å². The van der Waals surface area contributed by atoms with Crippen molar-refractivity contribution in [3.05, 3.63) is 89.5 Å². The first-order valence-electron chi connectivity index (χ1n) is 11.7. The van der Waals surface area contributed by atoms with Crippen LogP contribution in [0.2, 0.25) is 0 Å². The van der Waals surface area contributed by atoms with Gasteiger partial charge in [-0.1, -0.05) is 36.4 Å². The average Bonchev–Trinajstić information content (AvgIpc) is 3.20. The summed E-state index contributed by atoms with van der Waals surface area (Å²) in [5, 5.41) is 7.51. The molecule has 186 valence electrons. The Bertz CT molecular complexity index is 1610. The van der Waals surface area contributed by atoms with E-state index in [1.165, 1.54) is 4.68 Å². The second-order valence-corrected chi connectivity index (χ2v) is 8.33. The number of hydrogen-bond acceptors (Lipinski definition) is 7. The van der Waals surface area contributed by atoms with Crippen LogP contribution in [0.5, 0.6) is 11.5 Å². The molecule has 9 nitrogen and oxygen atoms in total. The number of rotatable bonds is 8. The number of carbonyl (C=O) groups excluding carboxylic acids is 1. The summed E-state index contributed by atoms with van der Waals surface area (Å²) in [5.41, 5.74) is 10.7. The maximum Gasteiger partial charge on any atom is 0.257 e. The average molecular weight is 495 g/mol. The molecule has 2 aromatic heterocycles. The molecule has 0 saturated carbocycles. The van der Waals surface area contributed by atoms with Gasteiger partial charge in [-0.3, -0.25) is 4.79 Å². The smallest absolute Gasteiger partial charge is 0.257 e. The fraction of sp³-hybridized carbons (Fsp3) is 0.143. The van der Waals surface area contributed by atoms with E-state index in [0.29, 0.717) is 40.9 Å².